The second kappa shape index (κ2) is 9.63. The van der Waals surface area contributed by atoms with Crippen LogP contribution in [0.1, 0.15) is 35.7 Å². The Morgan fingerprint density at radius 1 is 0.968 bits per heavy atom. The molecule has 3 rings (SSSR count). The van der Waals surface area contributed by atoms with E-state index >= 15 is 0 Å². The van der Waals surface area contributed by atoms with E-state index in [9.17, 15) is 13.2 Å². The van der Waals surface area contributed by atoms with Crippen molar-refractivity contribution in [3.05, 3.63) is 78.1 Å². The average molecular weight is 456 g/mol. The highest BCUT2D eigenvalue weighted by Crippen LogP contribution is 2.19. The number of nitrogens with one attached hydrogen (secondary N) is 3. The molecule has 0 saturated heterocycles. The fraction of sp³-hybridized carbons (Fsp3) is 0.143. The Bertz CT molecular complexity index is 1180. The molecule has 8 nitrogen and oxygen atoms in total. The summed E-state index contributed by atoms with van der Waals surface area (Å²) in [5.74, 6) is -0.142. The van der Waals surface area contributed by atoms with Crippen LogP contribution in [0.4, 0.5) is 11.6 Å². The number of benzene rings is 2. The van der Waals surface area contributed by atoms with Gasteiger partial charge in [0.05, 0.1) is 4.90 Å². The van der Waals surface area contributed by atoms with Crippen LogP contribution in [0.3, 0.4) is 0 Å². The van der Waals surface area contributed by atoms with Crippen molar-refractivity contribution < 1.29 is 13.2 Å². The summed E-state index contributed by atoms with van der Waals surface area (Å²) >= 11 is 5.22. The Hall–Kier alpha value is -3.37. The van der Waals surface area contributed by atoms with Gasteiger partial charge in [-0.05, 0) is 60.1 Å². The summed E-state index contributed by atoms with van der Waals surface area (Å²) in [4.78, 5) is 20.3. The summed E-state index contributed by atoms with van der Waals surface area (Å²) in [6.45, 7) is 4.02. The van der Waals surface area contributed by atoms with E-state index in [1.165, 1.54) is 24.5 Å². The highest BCUT2D eigenvalue weighted by Gasteiger charge is 2.16. The van der Waals surface area contributed by atoms with Gasteiger partial charge in [-0.15, -0.1) is 0 Å². The van der Waals surface area contributed by atoms with Gasteiger partial charge in [0.1, 0.15) is 0 Å². The Morgan fingerprint density at radius 2 is 1.61 bits per heavy atom. The summed E-state index contributed by atoms with van der Waals surface area (Å²) in [7, 11) is -3.83. The number of hydrogen-bond acceptors (Lipinski definition) is 6. The zero-order valence-corrected chi connectivity index (χ0v) is 18.5. The number of amides is 1. The van der Waals surface area contributed by atoms with Crippen molar-refractivity contribution >= 4 is 44.9 Å². The lowest BCUT2D eigenvalue weighted by atomic mass is 9.97. The minimum Gasteiger partial charge on any atom is -0.332 e. The number of hydrogen-bond donors (Lipinski definition) is 3. The van der Waals surface area contributed by atoms with Crippen LogP contribution in [0, 0.1) is 0 Å². The molecular weight excluding hydrogens is 434 g/mol. The van der Waals surface area contributed by atoms with Gasteiger partial charge in [-0.25, -0.2) is 23.1 Å². The molecule has 2 aromatic carbocycles. The number of rotatable bonds is 6. The van der Waals surface area contributed by atoms with Crippen LogP contribution >= 0.6 is 12.2 Å². The minimum absolute atomic E-state index is 0.0183. The number of aromatic nitrogens is 2. The van der Waals surface area contributed by atoms with Crippen molar-refractivity contribution in [3.63, 3.8) is 0 Å². The van der Waals surface area contributed by atoms with Crippen molar-refractivity contribution in [2.45, 2.75) is 24.7 Å². The van der Waals surface area contributed by atoms with Crippen LogP contribution in [0.5, 0.6) is 0 Å². The van der Waals surface area contributed by atoms with Gasteiger partial charge in [-0.2, -0.15) is 0 Å². The van der Waals surface area contributed by atoms with Gasteiger partial charge in [0.15, 0.2) is 5.11 Å². The third-order valence-electron chi connectivity index (χ3n) is 4.27. The van der Waals surface area contributed by atoms with E-state index in [2.05, 4.69) is 25.3 Å². The molecule has 3 aromatic rings. The fourth-order valence-corrected chi connectivity index (χ4v) is 3.96. The molecular formula is C21H21N5O3S2. The first kappa shape index (κ1) is 22.3. The zero-order valence-electron chi connectivity index (χ0n) is 16.9. The zero-order chi connectivity index (χ0) is 22.4. The number of carbonyl (C=O) groups excluding carboxylic acids is 1. The number of sulfonamides is 1. The molecule has 0 aliphatic rings. The fourth-order valence-electron chi connectivity index (χ4n) is 2.79. The first-order chi connectivity index (χ1) is 14.8. The second-order valence-electron chi connectivity index (χ2n) is 6.85. The van der Waals surface area contributed by atoms with Crippen molar-refractivity contribution in [1.82, 2.24) is 15.3 Å². The van der Waals surface area contributed by atoms with Crippen LogP contribution in [-0.4, -0.2) is 29.4 Å². The lowest BCUT2D eigenvalue weighted by Crippen LogP contribution is -2.34. The van der Waals surface area contributed by atoms with Crippen molar-refractivity contribution in [1.29, 1.82) is 0 Å². The summed E-state index contributed by atoms with van der Waals surface area (Å²) in [5, 5.41) is 5.64. The lowest BCUT2D eigenvalue weighted by Gasteiger charge is -2.14. The molecule has 1 aromatic heterocycles. The van der Waals surface area contributed by atoms with E-state index < -0.39 is 10.0 Å². The van der Waals surface area contributed by atoms with Crippen molar-refractivity contribution in [2.24, 2.45) is 0 Å². The molecule has 10 heteroatoms. The summed E-state index contributed by atoms with van der Waals surface area (Å²) in [6, 6.07) is 14.8. The van der Waals surface area contributed by atoms with Crippen LogP contribution in [0.15, 0.2) is 71.9 Å². The van der Waals surface area contributed by atoms with Crippen LogP contribution in [0.25, 0.3) is 0 Å². The molecule has 1 heterocycles. The molecule has 31 heavy (non-hydrogen) atoms. The lowest BCUT2D eigenvalue weighted by molar-refractivity contribution is 0.0976. The van der Waals surface area contributed by atoms with Gasteiger partial charge >= 0.3 is 0 Å². The van der Waals surface area contributed by atoms with E-state index in [-0.39, 0.29) is 27.8 Å². The maximum absolute atomic E-state index is 12.6. The van der Waals surface area contributed by atoms with Gasteiger partial charge in [0, 0.05) is 23.6 Å². The van der Waals surface area contributed by atoms with E-state index in [0.717, 1.165) is 5.56 Å². The Kier molecular flexibility index (Phi) is 6.93. The third kappa shape index (κ3) is 5.83. The SMILES string of the molecule is CC(C)c1ccccc1C(=O)NC(=S)Nc1ccc(S(=O)(=O)Nc2ncccn2)cc1. The molecule has 0 aliphatic heterocycles. The maximum Gasteiger partial charge on any atom is 0.264 e. The first-order valence-electron chi connectivity index (χ1n) is 9.37. The Morgan fingerprint density at radius 3 is 2.26 bits per heavy atom. The highest BCUT2D eigenvalue weighted by molar-refractivity contribution is 7.92. The van der Waals surface area contributed by atoms with Crippen LogP contribution in [0.2, 0.25) is 0 Å². The van der Waals surface area contributed by atoms with Gasteiger partial charge in [0.2, 0.25) is 5.95 Å². The van der Waals surface area contributed by atoms with Gasteiger partial charge in [-0.3, -0.25) is 10.1 Å². The van der Waals surface area contributed by atoms with Crippen LogP contribution < -0.4 is 15.4 Å². The second-order valence-corrected chi connectivity index (χ2v) is 8.94. The standard InChI is InChI=1S/C21H21N5O3S2/c1-14(2)17-6-3-4-7-18(17)19(27)25-21(30)24-15-8-10-16(11-9-15)31(28,29)26-20-22-12-5-13-23-20/h3-14H,1-2H3,(H,22,23,26)(H2,24,25,27,30). The Balaban J connectivity index is 1.65. The molecule has 0 saturated carbocycles. The van der Waals surface area contributed by atoms with Crippen molar-refractivity contribution in [2.75, 3.05) is 10.0 Å². The van der Waals surface area contributed by atoms with Gasteiger partial charge < -0.3 is 5.32 Å². The molecule has 0 fully saturated rings. The molecule has 0 atom stereocenters. The monoisotopic (exact) mass is 455 g/mol. The molecule has 0 radical (unpaired) electrons. The smallest absolute Gasteiger partial charge is 0.264 e. The molecule has 160 valence electrons. The number of nitrogens with zero attached hydrogens (tertiary/aromatic N) is 2. The number of thiocarbonyl (C=S) groups is 1. The Labute approximate surface area is 186 Å². The number of carbonyl (C=O) groups is 1. The quantitative estimate of drug-likeness (QED) is 0.487. The molecule has 1 amide bonds. The predicted molar refractivity (Wildman–Crippen MR) is 124 cm³/mol. The van der Waals surface area contributed by atoms with Gasteiger partial charge in [0.25, 0.3) is 15.9 Å². The number of anilines is 2. The first-order valence-corrected chi connectivity index (χ1v) is 11.3. The molecule has 3 N–H and O–H groups in total. The highest BCUT2D eigenvalue weighted by atomic mass is 32.2. The largest absolute Gasteiger partial charge is 0.332 e. The summed E-state index contributed by atoms with van der Waals surface area (Å²) < 4.78 is 27.2. The maximum atomic E-state index is 12.6. The molecule has 0 bridgehead atoms. The third-order valence-corrected chi connectivity index (χ3v) is 5.82. The predicted octanol–water partition coefficient (Wildman–Crippen LogP) is 3.53. The molecule has 0 unspecified atom stereocenters. The average Bonchev–Trinajstić information content (AvgIpc) is 2.74. The van der Waals surface area contributed by atoms with E-state index in [1.54, 1.807) is 30.3 Å². The topological polar surface area (TPSA) is 113 Å². The molecule has 0 aliphatic carbocycles. The van der Waals surface area contributed by atoms with E-state index in [4.69, 9.17) is 12.2 Å². The molecule has 0 spiro atoms. The van der Waals surface area contributed by atoms with E-state index in [0.29, 0.717) is 11.3 Å². The van der Waals surface area contributed by atoms with E-state index in [1.807, 2.05) is 26.0 Å². The normalized spacial score (nSPS) is 11.1. The van der Waals surface area contributed by atoms with Crippen LogP contribution in [-0.2, 0) is 10.0 Å². The minimum atomic E-state index is -3.83. The summed E-state index contributed by atoms with van der Waals surface area (Å²) in [5.41, 5.74) is 2.00. The van der Waals surface area contributed by atoms with Gasteiger partial charge in [-0.1, -0.05) is 32.0 Å². The summed E-state index contributed by atoms with van der Waals surface area (Å²) in [6.07, 6.45) is 2.87. The van der Waals surface area contributed by atoms with Crippen molar-refractivity contribution in [3.8, 4) is 0 Å².